The Morgan fingerprint density at radius 3 is 3.00 bits per heavy atom. The summed E-state index contributed by atoms with van der Waals surface area (Å²) in [6.45, 7) is 1.51. The van der Waals surface area contributed by atoms with Crippen molar-refractivity contribution in [3.63, 3.8) is 0 Å². The number of halogens is 1. The molecule has 80 valence electrons. The van der Waals surface area contributed by atoms with Crippen molar-refractivity contribution in [2.75, 3.05) is 26.9 Å². The maximum absolute atomic E-state index is 9.18. The van der Waals surface area contributed by atoms with Crippen LogP contribution in [-0.2, 0) is 4.74 Å². The average Bonchev–Trinajstić information content (AvgIpc) is 2.60. The number of ether oxygens (including phenoxy) is 1. The summed E-state index contributed by atoms with van der Waals surface area (Å²) in [5, 5.41) is 14.4. The first-order chi connectivity index (χ1) is 6.77. The second-order valence-electron chi connectivity index (χ2n) is 2.85. The Bertz CT molecular complexity index is 267. The third-order valence-corrected chi connectivity index (χ3v) is 3.62. The summed E-state index contributed by atoms with van der Waals surface area (Å²) < 4.78 is 5.99. The van der Waals surface area contributed by atoms with Gasteiger partial charge in [-0.1, -0.05) is 0 Å². The molecule has 1 unspecified atom stereocenters. The molecular formula is C9H14BrNO2S. The van der Waals surface area contributed by atoms with Crippen molar-refractivity contribution in [3.8, 4) is 0 Å². The second-order valence-corrected chi connectivity index (χ2v) is 4.71. The summed E-state index contributed by atoms with van der Waals surface area (Å²) >= 11 is 5.02. The standard InChI is InChI=1S/C9H14BrNO2S/c1-13-3-2-11-8(5-12)9-4-7(10)6-14-9/h4,6,8,11-12H,2-3,5H2,1H3. The molecule has 0 fully saturated rings. The molecule has 0 spiro atoms. The lowest BCUT2D eigenvalue weighted by Gasteiger charge is -2.13. The molecule has 1 atom stereocenters. The Hall–Kier alpha value is 0.0600. The SMILES string of the molecule is COCCNC(CO)c1cc(Br)cs1. The molecule has 0 saturated carbocycles. The Morgan fingerprint density at radius 1 is 1.71 bits per heavy atom. The van der Waals surface area contributed by atoms with Crippen molar-refractivity contribution in [1.29, 1.82) is 0 Å². The van der Waals surface area contributed by atoms with Crippen LogP contribution in [0.15, 0.2) is 15.9 Å². The van der Waals surface area contributed by atoms with Crippen molar-refractivity contribution >= 4 is 27.3 Å². The first kappa shape index (κ1) is 12.1. The van der Waals surface area contributed by atoms with Crippen LogP contribution in [0.2, 0.25) is 0 Å². The molecule has 0 aliphatic rings. The van der Waals surface area contributed by atoms with Crippen LogP contribution in [0, 0.1) is 0 Å². The molecule has 0 radical (unpaired) electrons. The molecule has 1 aromatic heterocycles. The van der Waals surface area contributed by atoms with E-state index in [4.69, 9.17) is 4.74 Å². The highest BCUT2D eigenvalue weighted by Crippen LogP contribution is 2.25. The highest BCUT2D eigenvalue weighted by Gasteiger charge is 2.11. The van der Waals surface area contributed by atoms with Crippen molar-refractivity contribution in [2.45, 2.75) is 6.04 Å². The van der Waals surface area contributed by atoms with Gasteiger partial charge >= 0.3 is 0 Å². The molecule has 1 heterocycles. The van der Waals surface area contributed by atoms with Gasteiger partial charge in [0, 0.05) is 28.4 Å². The number of aliphatic hydroxyl groups is 1. The predicted molar refractivity (Wildman–Crippen MR) is 61.7 cm³/mol. The van der Waals surface area contributed by atoms with E-state index in [1.54, 1.807) is 18.4 Å². The highest BCUT2D eigenvalue weighted by atomic mass is 79.9. The second kappa shape index (κ2) is 6.53. The lowest BCUT2D eigenvalue weighted by molar-refractivity contribution is 0.184. The van der Waals surface area contributed by atoms with E-state index in [9.17, 15) is 5.11 Å². The molecule has 0 saturated heterocycles. The predicted octanol–water partition coefficient (Wildman–Crippen LogP) is 1.78. The average molecular weight is 280 g/mol. The van der Waals surface area contributed by atoms with Crippen LogP contribution in [0.3, 0.4) is 0 Å². The zero-order chi connectivity index (χ0) is 10.4. The lowest BCUT2D eigenvalue weighted by Crippen LogP contribution is -2.26. The van der Waals surface area contributed by atoms with E-state index in [1.807, 2.05) is 11.4 Å². The van der Waals surface area contributed by atoms with E-state index in [0.29, 0.717) is 6.61 Å². The number of methoxy groups -OCH3 is 1. The fourth-order valence-corrected chi connectivity index (χ4v) is 2.61. The summed E-state index contributed by atoms with van der Waals surface area (Å²) in [7, 11) is 1.66. The molecule has 0 bridgehead atoms. The Kier molecular flexibility index (Phi) is 5.66. The van der Waals surface area contributed by atoms with E-state index >= 15 is 0 Å². The molecule has 0 aliphatic carbocycles. The van der Waals surface area contributed by atoms with Crippen LogP contribution in [0.25, 0.3) is 0 Å². The van der Waals surface area contributed by atoms with E-state index in [0.717, 1.165) is 15.9 Å². The smallest absolute Gasteiger partial charge is 0.0650 e. The summed E-state index contributed by atoms with van der Waals surface area (Å²) in [5.41, 5.74) is 0. The van der Waals surface area contributed by atoms with Gasteiger partial charge in [0.1, 0.15) is 0 Å². The number of rotatable bonds is 6. The van der Waals surface area contributed by atoms with Gasteiger partial charge in [0.05, 0.1) is 19.3 Å². The lowest BCUT2D eigenvalue weighted by atomic mass is 10.2. The third-order valence-electron chi connectivity index (χ3n) is 1.81. The number of thiophene rings is 1. The van der Waals surface area contributed by atoms with Gasteiger partial charge in [0.25, 0.3) is 0 Å². The topological polar surface area (TPSA) is 41.5 Å². The van der Waals surface area contributed by atoms with Gasteiger partial charge in [-0.25, -0.2) is 0 Å². The first-order valence-corrected chi connectivity index (χ1v) is 6.02. The first-order valence-electron chi connectivity index (χ1n) is 4.35. The summed E-state index contributed by atoms with van der Waals surface area (Å²) in [6.07, 6.45) is 0. The minimum Gasteiger partial charge on any atom is -0.394 e. The van der Waals surface area contributed by atoms with Crippen LogP contribution in [0.5, 0.6) is 0 Å². The normalized spacial score (nSPS) is 13.1. The third kappa shape index (κ3) is 3.67. The number of nitrogens with one attached hydrogen (secondary N) is 1. The van der Waals surface area contributed by atoms with Crippen LogP contribution >= 0.6 is 27.3 Å². The van der Waals surface area contributed by atoms with Gasteiger partial charge in [-0.3, -0.25) is 0 Å². The van der Waals surface area contributed by atoms with Crippen molar-refractivity contribution in [3.05, 3.63) is 20.8 Å². The van der Waals surface area contributed by atoms with E-state index in [2.05, 4.69) is 21.2 Å². The fraction of sp³-hybridized carbons (Fsp3) is 0.556. The zero-order valence-corrected chi connectivity index (χ0v) is 10.4. The summed E-state index contributed by atoms with van der Waals surface area (Å²) in [4.78, 5) is 1.13. The van der Waals surface area contributed by atoms with Crippen LogP contribution < -0.4 is 5.32 Å². The minimum absolute atomic E-state index is 0.0152. The van der Waals surface area contributed by atoms with Crippen LogP contribution in [-0.4, -0.2) is 32.0 Å². The number of hydrogen-bond acceptors (Lipinski definition) is 4. The zero-order valence-electron chi connectivity index (χ0n) is 8.00. The fourth-order valence-electron chi connectivity index (χ4n) is 1.10. The Balaban J connectivity index is 2.45. The van der Waals surface area contributed by atoms with Crippen LogP contribution in [0.4, 0.5) is 0 Å². The van der Waals surface area contributed by atoms with E-state index < -0.39 is 0 Å². The van der Waals surface area contributed by atoms with Gasteiger partial charge in [-0.15, -0.1) is 11.3 Å². The number of hydrogen-bond donors (Lipinski definition) is 2. The van der Waals surface area contributed by atoms with E-state index in [-0.39, 0.29) is 12.6 Å². The quantitative estimate of drug-likeness (QED) is 0.780. The molecule has 3 nitrogen and oxygen atoms in total. The maximum Gasteiger partial charge on any atom is 0.0650 e. The van der Waals surface area contributed by atoms with E-state index in [1.165, 1.54) is 0 Å². The van der Waals surface area contributed by atoms with Crippen molar-refractivity contribution < 1.29 is 9.84 Å². The molecule has 14 heavy (non-hydrogen) atoms. The molecule has 1 rings (SSSR count). The van der Waals surface area contributed by atoms with Gasteiger partial charge in [0.15, 0.2) is 0 Å². The maximum atomic E-state index is 9.18. The number of aliphatic hydroxyl groups excluding tert-OH is 1. The van der Waals surface area contributed by atoms with Gasteiger partial charge in [-0.2, -0.15) is 0 Å². The summed E-state index contributed by atoms with van der Waals surface area (Å²) in [5.74, 6) is 0. The molecule has 5 heteroatoms. The monoisotopic (exact) mass is 279 g/mol. The largest absolute Gasteiger partial charge is 0.394 e. The summed E-state index contributed by atoms with van der Waals surface area (Å²) in [6, 6.07) is 2.03. The van der Waals surface area contributed by atoms with Gasteiger partial charge in [0.2, 0.25) is 0 Å². The minimum atomic E-state index is 0.0152. The molecule has 1 aromatic rings. The van der Waals surface area contributed by atoms with Crippen molar-refractivity contribution in [2.24, 2.45) is 0 Å². The van der Waals surface area contributed by atoms with Crippen LogP contribution in [0.1, 0.15) is 10.9 Å². The molecule has 0 amide bonds. The Labute approximate surface area is 96.2 Å². The Morgan fingerprint density at radius 2 is 2.50 bits per heavy atom. The molecule has 2 N–H and O–H groups in total. The van der Waals surface area contributed by atoms with Crippen molar-refractivity contribution in [1.82, 2.24) is 5.32 Å². The highest BCUT2D eigenvalue weighted by molar-refractivity contribution is 9.10. The molecular weight excluding hydrogens is 266 g/mol. The van der Waals surface area contributed by atoms with Gasteiger partial charge < -0.3 is 15.2 Å². The molecule has 0 aliphatic heterocycles. The van der Waals surface area contributed by atoms with Gasteiger partial charge in [-0.05, 0) is 22.0 Å². The molecule has 0 aromatic carbocycles.